The fourth-order valence-electron chi connectivity index (χ4n) is 3.26. The number of rotatable bonds is 4. The molecule has 1 aliphatic heterocycles. The van der Waals surface area contributed by atoms with Crippen LogP contribution >= 0.6 is 11.6 Å². The van der Waals surface area contributed by atoms with Gasteiger partial charge < -0.3 is 4.52 Å². The maximum Gasteiger partial charge on any atom is 0.245 e. The van der Waals surface area contributed by atoms with Crippen LogP contribution < -0.4 is 0 Å². The Bertz CT molecular complexity index is 1130. The third-order valence-electron chi connectivity index (χ3n) is 4.76. The fourth-order valence-corrected chi connectivity index (χ4v) is 5.11. The molecule has 1 fully saturated rings. The SMILES string of the molecule is Cc1ccc(S(=O)(=O)N2CCCC2c2nc(-c3cccc(Cl)c3)no2)cc1F. The summed E-state index contributed by atoms with van der Waals surface area (Å²) in [6.07, 6.45) is 1.19. The smallest absolute Gasteiger partial charge is 0.245 e. The lowest BCUT2D eigenvalue weighted by molar-refractivity contribution is 0.290. The Hall–Kier alpha value is -2.29. The van der Waals surface area contributed by atoms with Gasteiger partial charge in [-0.05, 0) is 49.6 Å². The lowest BCUT2D eigenvalue weighted by Crippen LogP contribution is -2.31. The van der Waals surface area contributed by atoms with Gasteiger partial charge in [0.15, 0.2) is 0 Å². The molecule has 0 bridgehead atoms. The number of nitrogens with zero attached hydrogens (tertiary/aromatic N) is 3. The van der Waals surface area contributed by atoms with Crippen molar-refractivity contribution >= 4 is 21.6 Å². The van der Waals surface area contributed by atoms with Crippen LogP contribution in [0.1, 0.15) is 30.3 Å². The molecule has 0 spiro atoms. The zero-order valence-electron chi connectivity index (χ0n) is 15.0. The van der Waals surface area contributed by atoms with Crippen molar-refractivity contribution < 1.29 is 17.3 Å². The average Bonchev–Trinajstić information content (AvgIpc) is 3.33. The summed E-state index contributed by atoms with van der Waals surface area (Å²) in [5.74, 6) is -0.00961. The van der Waals surface area contributed by atoms with Crippen LogP contribution in [0.3, 0.4) is 0 Å². The maximum atomic E-state index is 13.9. The van der Waals surface area contributed by atoms with E-state index in [9.17, 15) is 12.8 Å². The van der Waals surface area contributed by atoms with E-state index in [-0.39, 0.29) is 10.8 Å². The first kappa shape index (κ1) is 19.0. The van der Waals surface area contributed by atoms with Crippen LogP contribution in [0.25, 0.3) is 11.4 Å². The van der Waals surface area contributed by atoms with Gasteiger partial charge in [0.25, 0.3) is 0 Å². The normalized spacial score (nSPS) is 17.9. The number of aromatic nitrogens is 2. The van der Waals surface area contributed by atoms with Crippen LogP contribution in [0.5, 0.6) is 0 Å². The predicted molar refractivity (Wildman–Crippen MR) is 102 cm³/mol. The van der Waals surface area contributed by atoms with Crippen LogP contribution in [-0.4, -0.2) is 29.4 Å². The number of hydrogen-bond acceptors (Lipinski definition) is 5. The summed E-state index contributed by atoms with van der Waals surface area (Å²) in [7, 11) is -3.89. The van der Waals surface area contributed by atoms with Crippen LogP contribution in [0.15, 0.2) is 51.9 Å². The molecular weight excluding hydrogens is 405 g/mol. The highest BCUT2D eigenvalue weighted by molar-refractivity contribution is 7.89. The third kappa shape index (κ3) is 3.43. The summed E-state index contributed by atoms with van der Waals surface area (Å²) < 4.78 is 46.7. The molecule has 146 valence electrons. The Morgan fingerprint density at radius 1 is 1.25 bits per heavy atom. The van der Waals surface area contributed by atoms with Crippen LogP contribution in [0.4, 0.5) is 4.39 Å². The van der Waals surface area contributed by atoms with Crippen LogP contribution in [-0.2, 0) is 10.0 Å². The summed E-state index contributed by atoms with van der Waals surface area (Å²) in [6.45, 7) is 1.89. The number of hydrogen-bond donors (Lipinski definition) is 0. The summed E-state index contributed by atoms with van der Waals surface area (Å²) >= 11 is 6.00. The van der Waals surface area contributed by atoms with E-state index in [0.717, 1.165) is 6.07 Å². The molecule has 0 N–H and O–H groups in total. The highest BCUT2D eigenvalue weighted by Crippen LogP contribution is 2.36. The first-order chi connectivity index (χ1) is 13.4. The Morgan fingerprint density at radius 3 is 2.82 bits per heavy atom. The highest BCUT2D eigenvalue weighted by Gasteiger charge is 2.39. The Morgan fingerprint density at radius 2 is 2.07 bits per heavy atom. The maximum absolute atomic E-state index is 13.9. The summed E-state index contributed by atoms with van der Waals surface area (Å²) in [5, 5.41) is 4.50. The van der Waals surface area contributed by atoms with E-state index in [1.807, 2.05) is 0 Å². The molecule has 2 heterocycles. The van der Waals surface area contributed by atoms with E-state index in [1.54, 1.807) is 31.2 Å². The summed E-state index contributed by atoms with van der Waals surface area (Å²) in [5.41, 5.74) is 1.07. The molecule has 1 aromatic heterocycles. The number of aryl methyl sites for hydroxylation is 1. The van der Waals surface area contributed by atoms with Gasteiger partial charge in [0.1, 0.15) is 11.9 Å². The Kier molecular flexibility index (Phi) is 4.95. The van der Waals surface area contributed by atoms with Crippen molar-refractivity contribution in [2.24, 2.45) is 0 Å². The van der Waals surface area contributed by atoms with Crippen molar-refractivity contribution in [3.05, 3.63) is 64.8 Å². The molecule has 4 rings (SSSR count). The van der Waals surface area contributed by atoms with Crippen LogP contribution in [0, 0.1) is 12.7 Å². The number of benzene rings is 2. The quantitative estimate of drug-likeness (QED) is 0.625. The van der Waals surface area contributed by atoms with Crippen molar-refractivity contribution in [3.8, 4) is 11.4 Å². The van der Waals surface area contributed by atoms with Gasteiger partial charge in [0, 0.05) is 17.1 Å². The molecule has 2 aromatic carbocycles. The topological polar surface area (TPSA) is 76.3 Å². The number of sulfonamides is 1. The van der Waals surface area contributed by atoms with Gasteiger partial charge in [-0.25, -0.2) is 12.8 Å². The standard InChI is InChI=1S/C19H17ClFN3O3S/c1-12-7-8-15(11-16(12)21)28(25,26)24-9-3-6-17(24)19-22-18(23-27-19)13-4-2-5-14(20)10-13/h2,4-5,7-8,10-11,17H,3,6,9H2,1H3. The highest BCUT2D eigenvalue weighted by atomic mass is 35.5. The Balaban J connectivity index is 1.66. The van der Waals surface area contributed by atoms with E-state index < -0.39 is 21.9 Å². The largest absolute Gasteiger partial charge is 0.337 e. The molecule has 1 saturated heterocycles. The van der Waals surface area contributed by atoms with Gasteiger partial charge >= 0.3 is 0 Å². The monoisotopic (exact) mass is 421 g/mol. The van der Waals surface area contributed by atoms with Gasteiger partial charge in [0.05, 0.1) is 4.90 Å². The molecule has 1 atom stereocenters. The molecule has 1 unspecified atom stereocenters. The third-order valence-corrected chi connectivity index (χ3v) is 6.90. The molecular formula is C19H17ClFN3O3S. The average molecular weight is 422 g/mol. The minimum absolute atomic E-state index is 0.0860. The molecule has 3 aromatic rings. The summed E-state index contributed by atoms with van der Waals surface area (Å²) in [4.78, 5) is 4.29. The lowest BCUT2D eigenvalue weighted by Gasteiger charge is -2.21. The zero-order valence-corrected chi connectivity index (χ0v) is 16.5. The second-order valence-corrected chi connectivity index (χ2v) is 8.98. The lowest BCUT2D eigenvalue weighted by atomic mass is 10.2. The molecule has 28 heavy (non-hydrogen) atoms. The van der Waals surface area contributed by atoms with E-state index in [4.69, 9.17) is 16.1 Å². The van der Waals surface area contributed by atoms with Gasteiger partial charge in [-0.3, -0.25) is 0 Å². The second kappa shape index (κ2) is 7.27. The molecule has 1 aliphatic rings. The van der Waals surface area contributed by atoms with Crippen LogP contribution in [0.2, 0.25) is 5.02 Å². The second-order valence-electron chi connectivity index (χ2n) is 6.65. The van der Waals surface area contributed by atoms with Gasteiger partial charge in [-0.15, -0.1) is 0 Å². The van der Waals surface area contributed by atoms with Gasteiger partial charge in [-0.2, -0.15) is 9.29 Å². The van der Waals surface area contributed by atoms with E-state index in [0.29, 0.717) is 41.4 Å². The molecule has 6 nitrogen and oxygen atoms in total. The van der Waals surface area contributed by atoms with Gasteiger partial charge in [0.2, 0.25) is 21.7 Å². The number of halogens is 2. The molecule has 9 heteroatoms. The molecule has 0 aliphatic carbocycles. The minimum Gasteiger partial charge on any atom is -0.337 e. The summed E-state index contributed by atoms with van der Waals surface area (Å²) in [6, 6.07) is 10.3. The van der Waals surface area contributed by atoms with Gasteiger partial charge in [-0.1, -0.05) is 35.0 Å². The van der Waals surface area contributed by atoms with Crippen molar-refractivity contribution in [2.45, 2.75) is 30.7 Å². The fraction of sp³-hybridized carbons (Fsp3) is 0.263. The predicted octanol–water partition coefficient (Wildman–Crippen LogP) is 4.36. The zero-order chi connectivity index (χ0) is 19.9. The molecule has 0 saturated carbocycles. The van der Waals surface area contributed by atoms with E-state index >= 15 is 0 Å². The van der Waals surface area contributed by atoms with Crippen molar-refractivity contribution in [2.75, 3.05) is 6.54 Å². The van der Waals surface area contributed by atoms with Crippen molar-refractivity contribution in [1.82, 2.24) is 14.4 Å². The molecule has 0 radical (unpaired) electrons. The first-order valence-electron chi connectivity index (χ1n) is 8.74. The van der Waals surface area contributed by atoms with Crippen molar-refractivity contribution in [3.63, 3.8) is 0 Å². The Labute approximate surface area is 167 Å². The van der Waals surface area contributed by atoms with E-state index in [1.165, 1.54) is 16.4 Å². The van der Waals surface area contributed by atoms with E-state index in [2.05, 4.69) is 10.1 Å². The van der Waals surface area contributed by atoms with Crippen molar-refractivity contribution in [1.29, 1.82) is 0 Å². The molecule has 0 amide bonds. The first-order valence-corrected chi connectivity index (χ1v) is 10.6. The minimum atomic E-state index is -3.89.